The van der Waals surface area contributed by atoms with Crippen LogP contribution >= 0.6 is 0 Å². The average Bonchev–Trinajstić information content (AvgIpc) is 2.36. The van der Waals surface area contributed by atoms with E-state index in [0.717, 1.165) is 25.9 Å². The van der Waals surface area contributed by atoms with Crippen LogP contribution in [0.1, 0.15) is 40.5 Å². The second-order valence-electron chi connectivity index (χ2n) is 6.10. The first-order valence-corrected chi connectivity index (χ1v) is 7.10. The van der Waals surface area contributed by atoms with Gasteiger partial charge in [0.25, 0.3) is 5.78 Å². The van der Waals surface area contributed by atoms with Gasteiger partial charge in [-0.1, -0.05) is 19.9 Å². The van der Waals surface area contributed by atoms with Crippen molar-refractivity contribution < 1.29 is 19.6 Å². The molecule has 108 valence electrons. The fraction of sp³-hybridized carbons (Fsp3) is 0.733. The van der Waals surface area contributed by atoms with Crippen molar-refractivity contribution in [2.75, 3.05) is 13.1 Å². The molecule has 0 bridgehead atoms. The third-order valence-corrected chi connectivity index (χ3v) is 3.61. The van der Waals surface area contributed by atoms with Gasteiger partial charge in [0.15, 0.2) is 0 Å². The minimum Gasteiger partial charge on any atom is -0.453 e. The Kier molecular flexibility index (Phi) is 5.73. The van der Waals surface area contributed by atoms with Gasteiger partial charge in [0.1, 0.15) is 5.60 Å². The SMILES string of the molecule is CC(C)/C=C\C(=O)C(=O)OC(C)(C)C1CC[NH2+]CC1. The molecule has 0 aromatic rings. The minimum absolute atomic E-state index is 0.249. The van der Waals surface area contributed by atoms with Crippen LogP contribution < -0.4 is 5.32 Å². The summed E-state index contributed by atoms with van der Waals surface area (Å²) in [6, 6.07) is 0. The van der Waals surface area contributed by atoms with Crippen molar-refractivity contribution in [2.24, 2.45) is 11.8 Å². The van der Waals surface area contributed by atoms with E-state index in [-0.39, 0.29) is 5.92 Å². The van der Waals surface area contributed by atoms with Crippen LogP contribution in [0.15, 0.2) is 12.2 Å². The molecule has 2 N–H and O–H groups in total. The Hall–Kier alpha value is -1.16. The monoisotopic (exact) mass is 268 g/mol. The zero-order chi connectivity index (χ0) is 14.5. The fourth-order valence-electron chi connectivity index (χ4n) is 2.34. The van der Waals surface area contributed by atoms with E-state index in [1.807, 2.05) is 27.7 Å². The van der Waals surface area contributed by atoms with Gasteiger partial charge in [-0.05, 0) is 25.8 Å². The number of rotatable bonds is 5. The zero-order valence-electron chi connectivity index (χ0n) is 12.4. The molecule has 0 unspecified atom stereocenters. The lowest BCUT2D eigenvalue weighted by molar-refractivity contribution is -0.665. The second-order valence-corrected chi connectivity index (χ2v) is 6.10. The number of ether oxygens (including phenoxy) is 1. The first-order chi connectivity index (χ1) is 8.83. The number of allylic oxidation sites excluding steroid dienone is 1. The van der Waals surface area contributed by atoms with E-state index in [2.05, 4.69) is 5.32 Å². The van der Waals surface area contributed by atoms with Crippen LogP contribution in [0.5, 0.6) is 0 Å². The topological polar surface area (TPSA) is 60.0 Å². The van der Waals surface area contributed by atoms with Crippen molar-refractivity contribution >= 4 is 11.8 Å². The van der Waals surface area contributed by atoms with Gasteiger partial charge in [-0.15, -0.1) is 0 Å². The second kappa shape index (κ2) is 6.85. The highest BCUT2D eigenvalue weighted by Gasteiger charge is 2.36. The van der Waals surface area contributed by atoms with Crippen molar-refractivity contribution in [3.8, 4) is 0 Å². The molecule has 0 spiro atoms. The smallest absolute Gasteiger partial charge is 0.379 e. The van der Waals surface area contributed by atoms with Crippen LogP contribution in [0.4, 0.5) is 0 Å². The lowest BCUT2D eigenvalue weighted by Crippen LogP contribution is -2.86. The highest BCUT2D eigenvalue weighted by molar-refractivity contribution is 6.38. The van der Waals surface area contributed by atoms with E-state index in [1.165, 1.54) is 6.08 Å². The quantitative estimate of drug-likeness (QED) is 0.461. The number of carbonyl (C=O) groups excluding carboxylic acids is 2. The average molecular weight is 268 g/mol. The minimum atomic E-state index is -0.739. The molecule has 0 radical (unpaired) electrons. The van der Waals surface area contributed by atoms with Gasteiger partial charge < -0.3 is 10.1 Å². The van der Waals surface area contributed by atoms with E-state index in [1.54, 1.807) is 6.08 Å². The fourth-order valence-corrected chi connectivity index (χ4v) is 2.34. The summed E-state index contributed by atoms with van der Waals surface area (Å²) in [5.41, 5.74) is -0.563. The third kappa shape index (κ3) is 5.15. The number of esters is 1. The third-order valence-electron chi connectivity index (χ3n) is 3.61. The summed E-state index contributed by atoms with van der Waals surface area (Å²) in [5.74, 6) is -0.720. The Balaban J connectivity index is 2.56. The summed E-state index contributed by atoms with van der Waals surface area (Å²) < 4.78 is 5.42. The molecule has 0 aliphatic carbocycles. The van der Waals surface area contributed by atoms with Crippen molar-refractivity contribution in [3.63, 3.8) is 0 Å². The van der Waals surface area contributed by atoms with E-state index in [0.29, 0.717) is 5.92 Å². The molecular weight excluding hydrogens is 242 g/mol. The van der Waals surface area contributed by atoms with Crippen molar-refractivity contribution in [2.45, 2.75) is 46.1 Å². The Morgan fingerprint density at radius 2 is 1.84 bits per heavy atom. The standard InChI is InChI=1S/C15H25NO3/c1-11(2)5-6-13(17)14(18)19-15(3,4)12-7-9-16-10-8-12/h5-6,11-12,16H,7-10H2,1-4H3/p+1/b6-5-. The summed E-state index contributed by atoms with van der Waals surface area (Å²) >= 11 is 0. The molecule has 0 saturated carbocycles. The van der Waals surface area contributed by atoms with Gasteiger partial charge in [0, 0.05) is 18.8 Å². The maximum atomic E-state index is 11.8. The summed E-state index contributed by atoms with van der Waals surface area (Å²) in [7, 11) is 0. The van der Waals surface area contributed by atoms with Crippen LogP contribution in [0.25, 0.3) is 0 Å². The molecule has 1 heterocycles. The van der Waals surface area contributed by atoms with E-state index in [9.17, 15) is 9.59 Å². The molecule has 0 amide bonds. The van der Waals surface area contributed by atoms with E-state index >= 15 is 0 Å². The predicted molar refractivity (Wildman–Crippen MR) is 73.5 cm³/mol. The van der Waals surface area contributed by atoms with Crippen LogP contribution in [0, 0.1) is 11.8 Å². The van der Waals surface area contributed by atoms with Crippen LogP contribution in [0.3, 0.4) is 0 Å². The molecule has 1 rings (SSSR count). The highest BCUT2D eigenvalue weighted by Crippen LogP contribution is 2.27. The summed E-state index contributed by atoms with van der Waals surface area (Å²) in [5, 5.41) is 2.27. The Morgan fingerprint density at radius 1 is 1.26 bits per heavy atom. The lowest BCUT2D eigenvalue weighted by atomic mass is 9.83. The number of hydrogen-bond donors (Lipinski definition) is 1. The molecule has 19 heavy (non-hydrogen) atoms. The van der Waals surface area contributed by atoms with Crippen LogP contribution in [0.2, 0.25) is 0 Å². The van der Waals surface area contributed by atoms with Crippen molar-refractivity contribution in [1.82, 2.24) is 0 Å². The van der Waals surface area contributed by atoms with Gasteiger partial charge >= 0.3 is 5.97 Å². The molecule has 1 saturated heterocycles. The number of nitrogens with two attached hydrogens (primary N) is 1. The molecule has 0 atom stereocenters. The van der Waals surface area contributed by atoms with Crippen molar-refractivity contribution in [1.29, 1.82) is 0 Å². The Labute approximate surface area is 115 Å². The molecule has 0 aromatic heterocycles. The first kappa shape index (κ1) is 15.9. The van der Waals surface area contributed by atoms with Crippen LogP contribution in [-0.2, 0) is 14.3 Å². The number of quaternary nitrogens is 1. The van der Waals surface area contributed by atoms with Gasteiger partial charge in [0.2, 0.25) is 0 Å². The van der Waals surface area contributed by atoms with Gasteiger partial charge in [-0.3, -0.25) is 4.79 Å². The van der Waals surface area contributed by atoms with Gasteiger partial charge in [-0.25, -0.2) is 4.79 Å². The Morgan fingerprint density at radius 3 is 2.37 bits per heavy atom. The molecule has 1 aliphatic rings. The normalized spacial score (nSPS) is 17.9. The molecule has 0 aromatic carbocycles. The molecular formula is C15H26NO3+. The molecule has 1 fully saturated rings. The largest absolute Gasteiger partial charge is 0.453 e. The zero-order valence-corrected chi connectivity index (χ0v) is 12.4. The van der Waals surface area contributed by atoms with Crippen molar-refractivity contribution in [3.05, 3.63) is 12.2 Å². The maximum absolute atomic E-state index is 11.8. The summed E-state index contributed by atoms with van der Waals surface area (Å²) in [6.45, 7) is 9.84. The highest BCUT2D eigenvalue weighted by atomic mass is 16.6. The summed E-state index contributed by atoms with van der Waals surface area (Å²) in [6.07, 6.45) is 5.08. The number of hydrogen-bond acceptors (Lipinski definition) is 3. The molecule has 1 aliphatic heterocycles. The van der Waals surface area contributed by atoms with Crippen LogP contribution in [-0.4, -0.2) is 30.4 Å². The van der Waals surface area contributed by atoms with Gasteiger partial charge in [0.05, 0.1) is 13.1 Å². The van der Waals surface area contributed by atoms with E-state index in [4.69, 9.17) is 4.74 Å². The molecule has 4 nitrogen and oxygen atoms in total. The first-order valence-electron chi connectivity index (χ1n) is 7.10. The number of ketones is 1. The predicted octanol–water partition coefficient (Wildman–Crippen LogP) is 1.06. The lowest BCUT2D eigenvalue weighted by Gasteiger charge is -2.35. The molecule has 4 heteroatoms. The number of piperidine rings is 1. The van der Waals surface area contributed by atoms with Gasteiger partial charge in [-0.2, -0.15) is 0 Å². The van der Waals surface area contributed by atoms with E-state index < -0.39 is 17.4 Å². The maximum Gasteiger partial charge on any atom is 0.379 e. The Bertz CT molecular complexity index is 352. The number of carbonyl (C=O) groups is 2. The summed E-state index contributed by atoms with van der Waals surface area (Å²) in [4.78, 5) is 23.4.